The molecule has 43 heavy (non-hydrogen) atoms. The number of rotatable bonds is 9. The highest BCUT2D eigenvalue weighted by molar-refractivity contribution is 5.82. The summed E-state index contributed by atoms with van der Waals surface area (Å²) in [6.45, 7) is 18.1. The maximum atomic E-state index is 12.5. The van der Waals surface area contributed by atoms with Crippen molar-refractivity contribution >= 4 is 28.1 Å². The van der Waals surface area contributed by atoms with Crippen LogP contribution in [0.2, 0.25) is 0 Å². The number of carbonyl (C=O) groups is 3. The topological polar surface area (TPSA) is 64.1 Å². The van der Waals surface area contributed by atoms with E-state index in [9.17, 15) is 14.4 Å². The zero-order valence-corrected chi connectivity index (χ0v) is 28.4. The Kier molecular flexibility index (Phi) is 18.2. The molecule has 1 heterocycles. The first-order valence-electron chi connectivity index (χ1n) is 16.3. The van der Waals surface area contributed by atoms with Crippen LogP contribution in [-0.2, 0) is 14.4 Å². The number of aryl methyl sites for hydroxylation is 2. The zero-order chi connectivity index (χ0) is 32.4. The second-order valence-electron chi connectivity index (χ2n) is 12.4. The third-order valence-electron chi connectivity index (χ3n) is 8.34. The lowest BCUT2D eigenvalue weighted by Gasteiger charge is -2.30. The maximum Gasteiger partial charge on any atom is 0.136 e. The van der Waals surface area contributed by atoms with Crippen LogP contribution in [0.1, 0.15) is 110 Å². The van der Waals surface area contributed by atoms with Crippen molar-refractivity contribution in [3.05, 3.63) is 77.6 Å². The number of pyridine rings is 1. The van der Waals surface area contributed by atoms with Gasteiger partial charge in [-0.05, 0) is 118 Å². The molecule has 1 saturated carbocycles. The van der Waals surface area contributed by atoms with E-state index in [0.717, 1.165) is 25.7 Å². The van der Waals surface area contributed by atoms with Gasteiger partial charge in [0.1, 0.15) is 17.3 Å². The molecule has 1 aliphatic carbocycles. The van der Waals surface area contributed by atoms with Gasteiger partial charge in [0.15, 0.2) is 0 Å². The van der Waals surface area contributed by atoms with Crippen molar-refractivity contribution in [2.75, 3.05) is 0 Å². The van der Waals surface area contributed by atoms with Crippen LogP contribution < -0.4 is 0 Å². The van der Waals surface area contributed by atoms with Crippen LogP contribution in [0.25, 0.3) is 10.8 Å². The molecule has 0 saturated heterocycles. The van der Waals surface area contributed by atoms with E-state index in [1.807, 2.05) is 44.4 Å². The van der Waals surface area contributed by atoms with Gasteiger partial charge in [-0.1, -0.05) is 70.2 Å². The van der Waals surface area contributed by atoms with E-state index in [-0.39, 0.29) is 23.4 Å². The van der Waals surface area contributed by atoms with Gasteiger partial charge in [0.05, 0.1) is 0 Å². The first-order chi connectivity index (χ1) is 20.5. The van der Waals surface area contributed by atoms with Crippen LogP contribution in [0.5, 0.6) is 0 Å². The van der Waals surface area contributed by atoms with Gasteiger partial charge in [-0.3, -0.25) is 9.78 Å². The molecule has 2 aromatic carbocycles. The normalized spacial score (nSPS) is 18.0. The summed E-state index contributed by atoms with van der Waals surface area (Å²) in [5, 5.41) is 2.45. The Morgan fingerprint density at radius 2 is 1.30 bits per heavy atom. The zero-order valence-electron chi connectivity index (χ0n) is 28.4. The Balaban J connectivity index is 0.000000359. The number of nitrogens with zero attached hydrogens (tertiary/aromatic N) is 1. The molecule has 0 spiro atoms. The first kappa shape index (κ1) is 37.9. The molecule has 1 aliphatic rings. The van der Waals surface area contributed by atoms with E-state index >= 15 is 0 Å². The van der Waals surface area contributed by atoms with Gasteiger partial charge in [-0.25, -0.2) is 0 Å². The lowest BCUT2D eigenvalue weighted by Crippen LogP contribution is -2.26. The van der Waals surface area contributed by atoms with Gasteiger partial charge < -0.3 is 9.59 Å². The molecular formula is C39H57NO3. The Morgan fingerprint density at radius 3 is 1.81 bits per heavy atom. The third kappa shape index (κ3) is 15.2. The fourth-order valence-electron chi connectivity index (χ4n) is 5.85. The highest BCUT2D eigenvalue weighted by Crippen LogP contribution is 2.34. The summed E-state index contributed by atoms with van der Waals surface area (Å²) in [5.74, 6) is 2.37. The molecular weight excluding hydrogens is 530 g/mol. The van der Waals surface area contributed by atoms with E-state index in [1.54, 1.807) is 13.8 Å². The molecule has 0 aliphatic heterocycles. The fraction of sp³-hybridized carbons (Fsp3) is 0.538. The smallest absolute Gasteiger partial charge is 0.136 e. The van der Waals surface area contributed by atoms with Gasteiger partial charge in [0, 0.05) is 37.6 Å². The van der Waals surface area contributed by atoms with Crippen molar-refractivity contribution in [3.8, 4) is 0 Å². The minimum atomic E-state index is 0.154. The number of carbonyl (C=O) groups excluding carboxylic acids is 3. The number of fused-ring (bicyclic) bond motifs is 1. The van der Waals surface area contributed by atoms with E-state index in [1.165, 1.54) is 33.9 Å². The second-order valence-corrected chi connectivity index (χ2v) is 12.4. The van der Waals surface area contributed by atoms with Crippen LogP contribution in [0.15, 0.2) is 60.9 Å². The SMILES string of the molecule is CC.CC(=O)CC[C@H](CCC(=O)C1C[C@@H](C)C[C@@H](C)C1)CC(C)=O.Cc1cccc(C)c1C.c1ccc2cnccc2c1. The summed E-state index contributed by atoms with van der Waals surface area (Å²) in [7, 11) is 0. The minimum Gasteiger partial charge on any atom is -0.300 e. The van der Waals surface area contributed by atoms with Crippen LogP contribution in [-0.4, -0.2) is 22.3 Å². The molecule has 0 N–H and O–H groups in total. The first-order valence-corrected chi connectivity index (χ1v) is 16.3. The summed E-state index contributed by atoms with van der Waals surface area (Å²) in [6.07, 6.45) is 10.0. The molecule has 1 aromatic heterocycles. The Hall–Kier alpha value is -3.14. The largest absolute Gasteiger partial charge is 0.300 e. The molecule has 3 aromatic rings. The van der Waals surface area contributed by atoms with E-state index < -0.39 is 0 Å². The Labute approximate surface area is 262 Å². The van der Waals surface area contributed by atoms with Crippen molar-refractivity contribution in [2.24, 2.45) is 23.7 Å². The van der Waals surface area contributed by atoms with Crippen molar-refractivity contribution in [1.82, 2.24) is 4.98 Å². The number of Topliss-reactive ketones (excluding diaryl/α,β-unsaturated/α-hetero) is 3. The van der Waals surface area contributed by atoms with Gasteiger partial charge >= 0.3 is 0 Å². The molecule has 1 fully saturated rings. The van der Waals surface area contributed by atoms with Crippen molar-refractivity contribution in [3.63, 3.8) is 0 Å². The molecule has 236 valence electrons. The van der Waals surface area contributed by atoms with Gasteiger partial charge in [0.25, 0.3) is 0 Å². The molecule has 0 bridgehead atoms. The number of aromatic nitrogens is 1. The quantitative estimate of drug-likeness (QED) is 0.250. The number of benzene rings is 2. The van der Waals surface area contributed by atoms with Crippen LogP contribution in [0.3, 0.4) is 0 Å². The van der Waals surface area contributed by atoms with E-state index in [0.29, 0.717) is 36.9 Å². The van der Waals surface area contributed by atoms with Crippen molar-refractivity contribution in [1.29, 1.82) is 0 Å². The standard InChI is InChI=1S/C19H32O3.C9H7N.C9H12.C2H6/c1-13-9-14(2)11-18(10-13)19(22)8-7-17(12-16(4)21)6-5-15(3)20;1-2-4-9-7-10-6-5-8(9)3-1;1-7-5-4-6-8(2)9(7)3;1-2/h13-14,17-18H,5-12H2,1-4H3;1-7H;4-6H,1-3H3;1-2H3/t13-,14+,17-,18?;;;/m1.../s1. The molecule has 1 unspecified atom stereocenters. The third-order valence-corrected chi connectivity index (χ3v) is 8.34. The molecule has 4 atom stereocenters. The van der Waals surface area contributed by atoms with Gasteiger partial charge in [0.2, 0.25) is 0 Å². The van der Waals surface area contributed by atoms with Crippen LogP contribution in [0, 0.1) is 44.4 Å². The molecule has 4 heteroatoms. The summed E-state index contributed by atoms with van der Waals surface area (Å²) in [4.78, 5) is 39.0. The highest BCUT2D eigenvalue weighted by Gasteiger charge is 2.29. The lowest BCUT2D eigenvalue weighted by molar-refractivity contribution is -0.125. The predicted octanol–water partition coefficient (Wildman–Crippen LogP) is 10.2. The maximum absolute atomic E-state index is 12.5. The number of ketones is 3. The lowest BCUT2D eigenvalue weighted by atomic mass is 9.74. The molecule has 0 radical (unpaired) electrons. The fourth-order valence-corrected chi connectivity index (χ4v) is 5.85. The van der Waals surface area contributed by atoms with Gasteiger partial charge in [-0.2, -0.15) is 0 Å². The average molecular weight is 588 g/mol. The van der Waals surface area contributed by atoms with Gasteiger partial charge in [-0.15, -0.1) is 0 Å². The summed E-state index contributed by atoms with van der Waals surface area (Å²) >= 11 is 0. The van der Waals surface area contributed by atoms with Crippen molar-refractivity contribution in [2.45, 2.75) is 114 Å². The van der Waals surface area contributed by atoms with E-state index in [2.05, 4.69) is 69.9 Å². The number of hydrogen-bond acceptors (Lipinski definition) is 4. The second kappa shape index (κ2) is 20.7. The highest BCUT2D eigenvalue weighted by atomic mass is 16.1. The Morgan fingerprint density at radius 1 is 0.744 bits per heavy atom. The summed E-state index contributed by atoms with van der Waals surface area (Å²) < 4.78 is 0. The van der Waals surface area contributed by atoms with Crippen molar-refractivity contribution < 1.29 is 14.4 Å². The van der Waals surface area contributed by atoms with Crippen LogP contribution in [0.4, 0.5) is 0 Å². The molecule has 4 nitrogen and oxygen atoms in total. The van der Waals surface area contributed by atoms with Crippen LogP contribution >= 0.6 is 0 Å². The molecule has 4 rings (SSSR count). The molecule has 0 amide bonds. The average Bonchev–Trinajstić information content (AvgIpc) is 2.98. The predicted molar refractivity (Wildman–Crippen MR) is 182 cm³/mol. The number of hydrogen-bond donors (Lipinski definition) is 0. The Bertz CT molecular complexity index is 1170. The monoisotopic (exact) mass is 587 g/mol. The van der Waals surface area contributed by atoms with E-state index in [4.69, 9.17) is 0 Å². The minimum absolute atomic E-state index is 0.154. The summed E-state index contributed by atoms with van der Waals surface area (Å²) in [5.41, 5.74) is 4.18. The summed E-state index contributed by atoms with van der Waals surface area (Å²) in [6, 6.07) is 16.6.